The molecular weight excluding hydrogens is 314 g/mol. The number of ether oxygens (including phenoxy) is 2. The van der Waals surface area contributed by atoms with Gasteiger partial charge >= 0.3 is 0 Å². The van der Waals surface area contributed by atoms with Gasteiger partial charge in [-0.2, -0.15) is 0 Å². The standard InChI is InChI=1S/C18H20ClNO3/c1-2-3-14-4-7-17(8-5-14)22-10-11-23-18-9-6-16(19)12-15(18)13-20-21/h4-9,12-13,21H,2-3,10-11H2,1H3/b20-13+. The van der Waals surface area contributed by atoms with Gasteiger partial charge in [-0.3, -0.25) is 0 Å². The summed E-state index contributed by atoms with van der Waals surface area (Å²) in [6, 6.07) is 13.2. The van der Waals surface area contributed by atoms with Crippen LogP contribution in [0.3, 0.4) is 0 Å². The summed E-state index contributed by atoms with van der Waals surface area (Å²) in [5.41, 5.74) is 1.93. The molecule has 2 rings (SSSR count). The molecule has 0 aromatic heterocycles. The molecular formula is C18H20ClNO3. The zero-order chi connectivity index (χ0) is 16.5. The van der Waals surface area contributed by atoms with Crippen molar-refractivity contribution in [3.8, 4) is 11.5 Å². The molecule has 0 saturated carbocycles. The van der Waals surface area contributed by atoms with E-state index in [0.717, 1.165) is 18.6 Å². The van der Waals surface area contributed by atoms with Crippen LogP contribution in [0.25, 0.3) is 0 Å². The number of oxime groups is 1. The van der Waals surface area contributed by atoms with Gasteiger partial charge in [0.1, 0.15) is 24.7 Å². The minimum atomic E-state index is 0.380. The first kappa shape index (κ1) is 17.2. The maximum Gasteiger partial charge on any atom is 0.128 e. The van der Waals surface area contributed by atoms with Gasteiger partial charge in [-0.15, -0.1) is 0 Å². The van der Waals surface area contributed by atoms with Gasteiger partial charge in [0.15, 0.2) is 0 Å². The second-order valence-corrected chi connectivity index (χ2v) is 5.45. The fourth-order valence-electron chi connectivity index (χ4n) is 2.17. The lowest BCUT2D eigenvalue weighted by molar-refractivity contribution is 0.217. The molecule has 2 aromatic rings. The lowest BCUT2D eigenvalue weighted by atomic mass is 10.1. The minimum Gasteiger partial charge on any atom is -0.490 e. The number of hydrogen-bond donors (Lipinski definition) is 1. The largest absolute Gasteiger partial charge is 0.490 e. The molecule has 0 bridgehead atoms. The molecule has 122 valence electrons. The molecule has 1 N–H and O–H groups in total. The third kappa shape index (κ3) is 5.49. The van der Waals surface area contributed by atoms with E-state index >= 15 is 0 Å². The van der Waals surface area contributed by atoms with E-state index in [4.69, 9.17) is 26.3 Å². The van der Waals surface area contributed by atoms with E-state index in [9.17, 15) is 0 Å². The molecule has 0 fully saturated rings. The van der Waals surface area contributed by atoms with Crippen LogP contribution < -0.4 is 9.47 Å². The van der Waals surface area contributed by atoms with Gasteiger partial charge in [0.25, 0.3) is 0 Å². The van der Waals surface area contributed by atoms with Gasteiger partial charge in [0, 0.05) is 10.6 Å². The van der Waals surface area contributed by atoms with Crippen LogP contribution in [0.15, 0.2) is 47.6 Å². The van der Waals surface area contributed by atoms with Crippen molar-refractivity contribution < 1.29 is 14.7 Å². The average molecular weight is 334 g/mol. The van der Waals surface area contributed by atoms with E-state index in [-0.39, 0.29) is 0 Å². The molecule has 5 heteroatoms. The van der Waals surface area contributed by atoms with Crippen LogP contribution in [0.1, 0.15) is 24.5 Å². The Morgan fingerprint density at radius 3 is 2.52 bits per heavy atom. The Hall–Kier alpha value is -2.20. The molecule has 0 aliphatic carbocycles. The molecule has 0 aliphatic rings. The summed E-state index contributed by atoms with van der Waals surface area (Å²) in [5, 5.41) is 12.2. The Labute approximate surface area is 141 Å². The fraction of sp³-hybridized carbons (Fsp3) is 0.278. The summed E-state index contributed by atoms with van der Waals surface area (Å²) in [5.74, 6) is 1.41. The van der Waals surface area contributed by atoms with Gasteiger partial charge in [-0.05, 0) is 42.3 Å². The Kier molecular flexibility index (Phi) is 6.76. The highest BCUT2D eigenvalue weighted by Crippen LogP contribution is 2.21. The monoisotopic (exact) mass is 333 g/mol. The maximum absolute atomic E-state index is 8.66. The van der Waals surface area contributed by atoms with Crippen LogP contribution in [-0.2, 0) is 6.42 Å². The highest BCUT2D eigenvalue weighted by molar-refractivity contribution is 6.30. The van der Waals surface area contributed by atoms with E-state index in [1.165, 1.54) is 11.8 Å². The lowest BCUT2D eigenvalue weighted by Gasteiger charge is -2.11. The number of benzene rings is 2. The summed E-state index contributed by atoms with van der Waals surface area (Å²) in [4.78, 5) is 0. The second kappa shape index (κ2) is 9.06. The Bertz CT molecular complexity index is 641. The molecule has 0 heterocycles. The van der Waals surface area contributed by atoms with Crippen molar-refractivity contribution >= 4 is 17.8 Å². The number of halogens is 1. The molecule has 0 unspecified atom stereocenters. The number of hydrogen-bond acceptors (Lipinski definition) is 4. The van der Waals surface area contributed by atoms with Crippen LogP contribution in [0.5, 0.6) is 11.5 Å². The molecule has 0 aliphatic heterocycles. The number of nitrogens with zero attached hydrogens (tertiary/aromatic N) is 1. The van der Waals surface area contributed by atoms with Crippen LogP contribution in [0.4, 0.5) is 0 Å². The van der Waals surface area contributed by atoms with Crippen molar-refractivity contribution in [3.05, 3.63) is 58.6 Å². The molecule has 0 radical (unpaired) electrons. The van der Waals surface area contributed by atoms with Gasteiger partial charge in [-0.1, -0.05) is 42.2 Å². The predicted octanol–water partition coefficient (Wildman–Crippen LogP) is 4.56. The number of aryl methyl sites for hydroxylation is 1. The summed E-state index contributed by atoms with van der Waals surface area (Å²) in [6.07, 6.45) is 3.50. The Balaban J connectivity index is 1.83. The third-order valence-electron chi connectivity index (χ3n) is 3.24. The molecule has 4 nitrogen and oxygen atoms in total. The van der Waals surface area contributed by atoms with Crippen molar-refractivity contribution in [3.63, 3.8) is 0 Å². The smallest absolute Gasteiger partial charge is 0.128 e. The second-order valence-electron chi connectivity index (χ2n) is 5.02. The fourth-order valence-corrected chi connectivity index (χ4v) is 2.35. The van der Waals surface area contributed by atoms with Gasteiger partial charge in [0.2, 0.25) is 0 Å². The lowest BCUT2D eigenvalue weighted by Crippen LogP contribution is -2.10. The first-order valence-corrected chi connectivity index (χ1v) is 7.92. The molecule has 0 amide bonds. The summed E-state index contributed by atoms with van der Waals surface area (Å²) in [6.45, 7) is 2.96. The van der Waals surface area contributed by atoms with Crippen molar-refractivity contribution in [2.75, 3.05) is 13.2 Å². The van der Waals surface area contributed by atoms with Crippen LogP contribution >= 0.6 is 11.6 Å². The van der Waals surface area contributed by atoms with Crippen molar-refractivity contribution in [1.29, 1.82) is 0 Å². The first-order valence-electron chi connectivity index (χ1n) is 7.54. The average Bonchev–Trinajstić information content (AvgIpc) is 2.55. The number of rotatable bonds is 8. The predicted molar refractivity (Wildman–Crippen MR) is 92.3 cm³/mol. The van der Waals surface area contributed by atoms with Gasteiger partial charge in [0.05, 0.1) is 6.21 Å². The topological polar surface area (TPSA) is 51.0 Å². The summed E-state index contributed by atoms with van der Waals surface area (Å²) < 4.78 is 11.3. The molecule has 0 atom stereocenters. The van der Waals surface area contributed by atoms with E-state index in [0.29, 0.717) is 29.5 Å². The SMILES string of the molecule is CCCc1ccc(OCCOc2ccc(Cl)cc2/C=N/O)cc1. The normalized spacial score (nSPS) is 10.9. The third-order valence-corrected chi connectivity index (χ3v) is 3.48. The van der Waals surface area contributed by atoms with Crippen molar-refractivity contribution in [2.24, 2.45) is 5.16 Å². The van der Waals surface area contributed by atoms with Crippen LogP contribution in [0.2, 0.25) is 5.02 Å². The highest BCUT2D eigenvalue weighted by Gasteiger charge is 2.03. The van der Waals surface area contributed by atoms with Gasteiger partial charge in [-0.25, -0.2) is 0 Å². The summed E-state index contributed by atoms with van der Waals surface area (Å²) in [7, 11) is 0. The first-order chi connectivity index (χ1) is 11.2. The quantitative estimate of drug-likeness (QED) is 0.333. The van der Waals surface area contributed by atoms with E-state index in [1.54, 1.807) is 18.2 Å². The maximum atomic E-state index is 8.66. The highest BCUT2D eigenvalue weighted by atomic mass is 35.5. The van der Waals surface area contributed by atoms with Crippen molar-refractivity contribution in [2.45, 2.75) is 19.8 Å². The zero-order valence-corrected chi connectivity index (χ0v) is 13.8. The van der Waals surface area contributed by atoms with E-state index in [1.807, 2.05) is 12.1 Å². The van der Waals surface area contributed by atoms with E-state index < -0.39 is 0 Å². The van der Waals surface area contributed by atoms with Crippen molar-refractivity contribution in [1.82, 2.24) is 0 Å². The molecule has 2 aromatic carbocycles. The Morgan fingerprint density at radius 2 is 1.83 bits per heavy atom. The molecule has 0 saturated heterocycles. The molecule has 23 heavy (non-hydrogen) atoms. The van der Waals surface area contributed by atoms with Gasteiger partial charge < -0.3 is 14.7 Å². The van der Waals surface area contributed by atoms with Crippen LogP contribution in [0, 0.1) is 0 Å². The van der Waals surface area contributed by atoms with Crippen LogP contribution in [-0.4, -0.2) is 24.6 Å². The Morgan fingerprint density at radius 1 is 1.09 bits per heavy atom. The molecule has 0 spiro atoms. The summed E-state index contributed by atoms with van der Waals surface area (Å²) >= 11 is 5.91. The van der Waals surface area contributed by atoms with E-state index in [2.05, 4.69) is 24.2 Å². The zero-order valence-electron chi connectivity index (χ0n) is 13.0. The minimum absolute atomic E-state index is 0.380.